The van der Waals surface area contributed by atoms with Crippen LogP contribution in [0.5, 0.6) is 0 Å². The van der Waals surface area contributed by atoms with Gasteiger partial charge in [0.1, 0.15) is 24.4 Å². The van der Waals surface area contributed by atoms with Crippen LogP contribution in [0, 0.1) is 0 Å². The number of aliphatic hydroxyl groups is 1. The van der Waals surface area contributed by atoms with Crippen molar-refractivity contribution in [1.29, 1.82) is 0 Å². The van der Waals surface area contributed by atoms with Crippen LogP contribution in [-0.4, -0.2) is 24.9 Å². The van der Waals surface area contributed by atoms with Gasteiger partial charge in [0.25, 0.3) is 0 Å². The van der Waals surface area contributed by atoms with Gasteiger partial charge in [-0.2, -0.15) is 5.10 Å². The molecule has 0 aliphatic heterocycles. The summed E-state index contributed by atoms with van der Waals surface area (Å²) >= 11 is 0. The zero-order valence-corrected chi connectivity index (χ0v) is 12.3. The van der Waals surface area contributed by atoms with Crippen LogP contribution in [0.2, 0.25) is 0 Å². The maximum absolute atomic E-state index is 9.23. The molecule has 0 radical (unpaired) electrons. The van der Waals surface area contributed by atoms with Gasteiger partial charge in [-0.3, -0.25) is 4.68 Å². The second-order valence-electron chi connectivity index (χ2n) is 5.18. The van der Waals surface area contributed by atoms with Crippen LogP contribution in [0.25, 0.3) is 22.5 Å². The number of fused-ring (bicyclic) bond motifs is 1. The summed E-state index contributed by atoms with van der Waals surface area (Å²) in [5.74, 6) is 1.15. The van der Waals surface area contributed by atoms with Gasteiger partial charge in [0.15, 0.2) is 11.4 Å². The van der Waals surface area contributed by atoms with Crippen LogP contribution in [-0.2, 0) is 13.2 Å². The van der Waals surface area contributed by atoms with Crippen molar-refractivity contribution >= 4 is 11.0 Å². The molecule has 4 aromatic rings. The van der Waals surface area contributed by atoms with E-state index < -0.39 is 0 Å². The summed E-state index contributed by atoms with van der Waals surface area (Å²) in [6.45, 7) is 0.461. The maximum atomic E-state index is 9.23. The van der Waals surface area contributed by atoms with Gasteiger partial charge in [0.2, 0.25) is 0 Å². The second-order valence-corrected chi connectivity index (χ2v) is 5.18. The summed E-state index contributed by atoms with van der Waals surface area (Å²) in [5, 5.41) is 14.6. The summed E-state index contributed by atoms with van der Waals surface area (Å²) in [5.41, 5.74) is 2.56. The van der Waals surface area contributed by atoms with Gasteiger partial charge in [-0.15, -0.1) is 0 Å². The molecule has 3 aromatic heterocycles. The largest absolute Gasteiger partial charge is 0.457 e. The van der Waals surface area contributed by atoms with Crippen molar-refractivity contribution in [2.45, 2.75) is 13.2 Å². The third-order valence-electron chi connectivity index (χ3n) is 3.65. The van der Waals surface area contributed by atoms with Gasteiger partial charge >= 0.3 is 0 Å². The predicted octanol–water partition coefficient (Wildman–Crippen LogP) is 2.63. The van der Waals surface area contributed by atoms with E-state index in [0.29, 0.717) is 23.7 Å². The molecule has 114 valence electrons. The van der Waals surface area contributed by atoms with Gasteiger partial charge in [0, 0.05) is 6.20 Å². The quantitative estimate of drug-likeness (QED) is 0.627. The predicted molar refractivity (Wildman–Crippen MR) is 84.5 cm³/mol. The SMILES string of the molecule is OCc1ccc(-c2c3cncnc3nn2Cc2ccccc2)o1. The van der Waals surface area contributed by atoms with Gasteiger partial charge in [-0.1, -0.05) is 30.3 Å². The number of hydrogen-bond donors (Lipinski definition) is 1. The average Bonchev–Trinajstić information content (AvgIpc) is 3.19. The Bertz CT molecular complexity index is 944. The number of hydrogen-bond acceptors (Lipinski definition) is 5. The Balaban J connectivity index is 1.87. The van der Waals surface area contributed by atoms with Crippen LogP contribution in [0.3, 0.4) is 0 Å². The molecule has 0 amide bonds. The molecule has 0 unspecified atom stereocenters. The molecule has 0 bridgehead atoms. The van der Waals surface area contributed by atoms with Gasteiger partial charge in [-0.25, -0.2) is 9.97 Å². The fourth-order valence-corrected chi connectivity index (χ4v) is 2.59. The molecule has 1 N–H and O–H groups in total. The summed E-state index contributed by atoms with van der Waals surface area (Å²) in [7, 11) is 0. The van der Waals surface area contributed by atoms with E-state index >= 15 is 0 Å². The molecular formula is C17H14N4O2. The Hall–Kier alpha value is -2.99. The fourth-order valence-electron chi connectivity index (χ4n) is 2.59. The number of nitrogens with zero attached hydrogens (tertiary/aromatic N) is 4. The fraction of sp³-hybridized carbons (Fsp3) is 0.118. The van der Waals surface area contributed by atoms with Crippen molar-refractivity contribution in [2.75, 3.05) is 0 Å². The zero-order valence-electron chi connectivity index (χ0n) is 12.3. The van der Waals surface area contributed by atoms with Gasteiger partial charge < -0.3 is 9.52 Å². The normalized spacial score (nSPS) is 11.2. The molecule has 3 heterocycles. The van der Waals surface area contributed by atoms with E-state index in [9.17, 15) is 5.11 Å². The third-order valence-corrected chi connectivity index (χ3v) is 3.65. The highest BCUT2D eigenvalue weighted by molar-refractivity contribution is 5.89. The molecule has 0 aliphatic carbocycles. The summed E-state index contributed by atoms with van der Waals surface area (Å²) in [4.78, 5) is 8.31. The van der Waals surface area contributed by atoms with Crippen molar-refractivity contribution in [3.63, 3.8) is 0 Å². The molecule has 4 rings (SSSR count). The van der Waals surface area contributed by atoms with Crippen molar-refractivity contribution in [3.05, 3.63) is 66.3 Å². The first-order valence-electron chi connectivity index (χ1n) is 7.25. The Morgan fingerprint density at radius 1 is 1.09 bits per heavy atom. The summed E-state index contributed by atoms with van der Waals surface area (Å²) in [6.07, 6.45) is 3.21. The molecule has 6 heteroatoms. The van der Waals surface area contributed by atoms with E-state index in [1.165, 1.54) is 6.33 Å². The molecule has 0 saturated heterocycles. The van der Waals surface area contributed by atoms with Crippen molar-refractivity contribution in [3.8, 4) is 11.5 Å². The minimum Gasteiger partial charge on any atom is -0.457 e. The average molecular weight is 306 g/mol. The highest BCUT2D eigenvalue weighted by atomic mass is 16.4. The summed E-state index contributed by atoms with van der Waals surface area (Å²) in [6, 6.07) is 13.6. The molecule has 6 nitrogen and oxygen atoms in total. The number of aromatic nitrogens is 4. The molecule has 0 fully saturated rings. The van der Waals surface area contributed by atoms with E-state index in [0.717, 1.165) is 16.6 Å². The molecule has 0 saturated carbocycles. The topological polar surface area (TPSA) is 77.0 Å². The Morgan fingerprint density at radius 2 is 1.96 bits per heavy atom. The third kappa shape index (κ3) is 2.49. The lowest BCUT2D eigenvalue weighted by Gasteiger charge is -2.06. The van der Waals surface area contributed by atoms with Crippen LogP contribution >= 0.6 is 0 Å². The van der Waals surface area contributed by atoms with Crippen LogP contribution in [0.1, 0.15) is 11.3 Å². The molecular weight excluding hydrogens is 292 g/mol. The lowest BCUT2D eigenvalue weighted by molar-refractivity contribution is 0.248. The number of benzene rings is 1. The first-order valence-corrected chi connectivity index (χ1v) is 7.25. The zero-order chi connectivity index (χ0) is 15.6. The number of aliphatic hydroxyl groups excluding tert-OH is 1. The van der Waals surface area contributed by atoms with Gasteiger partial charge in [0.05, 0.1) is 11.9 Å². The van der Waals surface area contributed by atoms with Crippen LogP contribution in [0.4, 0.5) is 0 Å². The Morgan fingerprint density at radius 3 is 2.74 bits per heavy atom. The van der Waals surface area contributed by atoms with Gasteiger partial charge in [-0.05, 0) is 17.7 Å². The Kier molecular flexibility index (Phi) is 3.36. The first kappa shape index (κ1) is 13.7. The second kappa shape index (κ2) is 5.66. The van der Waals surface area contributed by atoms with E-state index in [1.807, 2.05) is 41.1 Å². The lowest BCUT2D eigenvalue weighted by Crippen LogP contribution is -2.03. The van der Waals surface area contributed by atoms with Crippen LogP contribution in [0.15, 0.2) is 59.4 Å². The highest BCUT2D eigenvalue weighted by Crippen LogP contribution is 2.29. The molecule has 0 spiro atoms. The Labute approximate surface area is 132 Å². The monoisotopic (exact) mass is 306 g/mol. The van der Waals surface area contributed by atoms with Crippen molar-refractivity contribution < 1.29 is 9.52 Å². The van der Waals surface area contributed by atoms with E-state index in [-0.39, 0.29) is 6.61 Å². The molecule has 1 aromatic carbocycles. The van der Waals surface area contributed by atoms with Crippen LogP contribution < -0.4 is 0 Å². The minimum atomic E-state index is -0.138. The smallest absolute Gasteiger partial charge is 0.184 e. The van der Waals surface area contributed by atoms with E-state index in [2.05, 4.69) is 15.1 Å². The standard InChI is InChI=1S/C17H14N4O2/c22-10-13-6-7-15(23-13)16-14-8-18-11-19-17(14)20-21(16)9-12-4-2-1-3-5-12/h1-8,11,22H,9-10H2. The highest BCUT2D eigenvalue weighted by Gasteiger charge is 2.17. The number of rotatable bonds is 4. The first-order chi connectivity index (χ1) is 11.3. The van der Waals surface area contributed by atoms with E-state index in [4.69, 9.17) is 4.42 Å². The molecule has 23 heavy (non-hydrogen) atoms. The molecule has 0 atom stereocenters. The number of furan rings is 1. The van der Waals surface area contributed by atoms with Crippen molar-refractivity contribution in [1.82, 2.24) is 19.7 Å². The molecule has 0 aliphatic rings. The van der Waals surface area contributed by atoms with Crippen molar-refractivity contribution in [2.24, 2.45) is 0 Å². The lowest BCUT2D eigenvalue weighted by atomic mass is 10.2. The summed E-state index contributed by atoms with van der Waals surface area (Å²) < 4.78 is 7.55. The maximum Gasteiger partial charge on any atom is 0.184 e. The minimum absolute atomic E-state index is 0.138. The van der Waals surface area contributed by atoms with E-state index in [1.54, 1.807) is 12.3 Å².